The molecule has 0 saturated carbocycles. The van der Waals surface area contributed by atoms with Gasteiger partial charge in [-0.25, -0.2) is 8.42 Å². The number of carbonyl (C=O) groups excluding carboxylic acids is 1. The first kappa shape index (κ1) is 23.2. The van der Waals surface area contributed by atoms with Crippen LogP contribution < -0.4 is 19.5 Å². The molecular weight excluding hydrogens is 466 g/mol. The molecule has 0 radical (unpaired) electrons. The number of anilines is 1. The molecule has 0 bridgehead atoms. The first-order chi connectivity index (χ1) is 17.0. The second-order valence-corrected chi connectivity index (χ2v) is 10.4. The standard InChI is InChI=1S/C26H27N3O5S/c30-26(27-22-12-13-29(18-22)17-19-4-2-1-3-5-19)20-6-8-21(9-7-20)28-35(31,32)23-10-11-24-25(16-23)34-15-14-33-24/h1-11,16,22,28H,12-15,17-18H2,(H,27,30). The summed E-state index contributed by atoms with van der Waals surface area (Å²) >= 11 is 0. The van der Waals surface area contributed by atoms with Gasteiger partial charge in [-0.05, 0) is 48.4 Å². The van der Waals surface area contributed by atoms with E-state index in [4.69, 9.17) is 9.47 Å². The van der Waals surface area contributed by atoms with Gasteiger partial charge >= 0.3 is 0 Å². The first-order valence-corrected chi connectivity index (χ1v) is 13.0. The summed E-state index contributed by atoms with van der Waals surface area (Å²) < 4.78 is 39.1. The monoisotopic (exact) mass is 493 g/mol. The molecule has 5 rings (SSSR count). The van der Waals surface area contributed by atoms with Gasteiger partial charge in [-0.15, -0.1) is 0 Å². The number of ether oxygens (including phenoxy) is 2. The molecule has 0 aliphatic carbocycles. The Balaban J connectivity index is 1.17. The predicted molar refractivity (Wildman–Crippen MR) is 132 cm³/mol. The van der Waals surface area contributed by atoms with Gasteiger partial charge in [0.05, 0.1) is 4.90 Å². The molecule has 1 atom stereocenters. The molecule has 182 valence electrons. The van der Waals surface area contributed by atoms with Crippen LogP contribution in [0.4, 0.5) is 5.69 Å². The molecule has 1 amide bonds. The Bertz CT molecular complexity index is 1300. The van der Waals surface area contributed by atoms with Gasteiger partial charge in [0.25, 0.3) is 15.9 Å². The van der Waals surface area contributed by atoms with Crippen LogP contribution in [0, 0.1) is 0 Å². The third-order valence-electron chi connectivity index (χ3n) is 6.08. The lowest BCUT2D eigenvalue weighted by Crippen LogP contribution is -2.36. The molecule has 3 aromatic carbocycles. The van der Waals surface area contributed by atoms with Crippen molar-refractivity contribution in [2.24, 2.45) is 0 Å². The largest absolute Gasteiger partial charge is 0.486 e. The Morgan fingerprint density at radius 2 is 1.69 bits per heavy atom. The molecule has 35 heavy (non-hydrogen) atoms. The summed E-state index contributed by atoms with van der Waals surface area (Å²) in [6.45, 7) is 3.41. The Kier molecular flexibility index (Phi) is 6.61. The molecule has 1 unspecified atom stereocenters. The molecule has 2 aliphatic heterocycles. The number of rotatable bonds is 7. The summed E-state index contributed by atoms with van der Waals surface area (Å²) in [7, 11) is -3.82. The van der Waals surface area contributed by atoms with E-state index in [9.17, 15) is 13.2 Å². The Hall–Kier alpha value is -3.56. The van der Waals surface area contributed by atoms with Gasteiger partial charge in [0.2, 0.25) is 0 Å². The fraction of sp³-hybridized carbons (Fsp3) is 0.269. The van der Waals surface area contributed by atoms with Crippen molar-refractivity contribution in [2.75, 3.05) is 31.0 Å². The molecule has 0 aromatic heterocycles. The van der Waals surface area contributed by atoms with Gasteiger partial charge in [0, 0.05) is 43.0 Å². The number of sulfonamides is 1. The number of benzene rings is 3. The summed E-state index contributed by atoms with van der Waals surface area (Å²) in [4.78, 5) is 15.1. The third-order valence-corrected chi connectivity index (χ3v) is 7.46. The fourth-order valence-corrected chi connectivity index (χ4v) is 5.37. The van der Waals surface area contributed by atoms with Crippen LogP contribution in [0.5, 0.6) is 11.5 Å². The molecule has 2 aliphatic rings. The highest BCUT2D eigenvalue weighted by Gasteiger charge is 2.24. The molecule has 8 nitrogen and oxygen atoms in total. The Labute approximate surface area is 204 Å². The zero-order chi connectivity index (χ0) is 24.3. The van der Waals surface area contributed by atoms with Gasteiger partial charge in [-0.2, -0.15) is 0 Å². The van der Waals surface area contributed by atoms with Crippen molar-refractivity contribution in [3.05, 3.63) is 83.9 Å². The molecule has 3 aromatic rings. The Morgan fingerprint density at radius 1 is 0.943 bits per heavy atom. The predicted octanol–water partition coefficient (Wildman–Crippen LogP) is 3.26. The lowest BCUT2D eigenvalue weighted by Gasteiger charge is -2.19. The quantitative estimate of drug-likeness (QED) is 0.525. The van der Waals surface area contributed by atoms with Crippen LogP contribution >= 0.6 is 0 Å². The van der Waals surface area contributed by atoms with Crippen LogP contribution in [0.25, 0.3) is 0 Å². The first-order valence-electron chi connectivity index (χ1n) is 11.6. The maximum absolute atomic E-state index is 12.8. The van der Waals surface area contributed by atoms with Crippen LogP contribution in [0.15, 0.2) is 77.7 Å². The average Bonchev–Trinajstić information content (AvgIpc) is 3.31. The van der Waals surface area contributed by atoms with Gasteiger partial charge in [0.15, 0.2) is 11.5 Å². The van der Waals surface area contributed by atoms with Crippen molar-refractivity contribution in [2.45, 2.75) is 23.9 Å². The highest BCUT2D eigenvalue weighted by Crippen LogP contribution is 2.32. The number of carbonyl (C=O) groups is 1. The van der Waals surface area contributed by atoms with E-state index in [0.29, 0.717) is 36.0 Å². The van der Waals surface area contributed by atoms with Crippen LogP contribution in [-0.4, -0.2) is 51.6 Å². The topological polar surface area (TPSA) is 97.0 Å². The lowest BCUT2D eigenvalue weighted by atomic mass is 10.1. The third kappa shape index (κ3) is 5.58. The second kappa shape index (κ2) is 9.97. The Morgan fingerprint density at radius 3 is 2.46 bits per heavy atom. The molecule has 9 heteroatoms. The number of fused-ring (bicyclic) bond motifs is 1. The van der Waals surface area contributed by atoms with Crippen molar-refractivity contribution in [3.8, 4) is 11.5 Å². The second-order valence-electron chi connectivity index (χ2n) is 8.67. The van der Waals surface area contributed by atoms with Crippen molar-refractivity contribution in [1.82, 2.24) is 10.2 Å². The maximum Gasteiger partial charge on any atom is 0.262 e. The van der Waals surface area contributed by atoms with Crippen LogP contribution in [0.2, 0.25) is 0 Å². The van der Waals surface area contributed by atoms with Crippen molar-refractivity contribution in [1.29, 1.82) is 0 Å². The highest BCUT2D eigenvalue weighted by atomic mass is 32.2. The molecule has 1 saturated heterocycles. The molecule has 2 heterocycles. The van der Waals surface area contributed by atoms with Gasteiger partial charge < -0.3 is 14.8 Å². The SMILES string of the molecule is O=C(NC1CCN(Cc2ccccc2)C1)c1ccc(NS(=O)(=O)c2ccc3c(c2)OCCO3)cc1. The van der Waals surface area contributed by atoms with Crippen LogP contribution in [0.3, 0.4) is 0 Å². The van der Waals surface area contributed by atoms with Gasteiger partial charge in [0.1, 0.15) is 13.2 Å². The van der Waals surface area contributed by atoms with E-state index >= 15 is 0 Å². The molecular formula is C26H27N3O5S. The number of likely N-dealkylation sites (tertiary alicyclic amines) is 1. The summed E-state index contributed by atoms with van der Waals surface area (Å²) in [5.74, 6) is 0.759. The van der Waals surface area contributed by atoms with Crippen LogP contribution in [0.1, 0.15) is 22.3 Å². The number of nitrogens with zero attached hydrogens (tertiary/aromatic N) is 1. The smallest absolute Gasteiger partial charge is 0.262 e. The molecule has 0 spiro atoms. The summed E-state index contributed by atoms with van der Waals surface area (Å²) in [5.41, 5.74) is 2.11. The van der Waals surface area contributed by atoms with Gasteiger partial charge in [-0.1, -0.05) is 30.3 Å². The maximum atomic E-state index is 12.8. The summed E-state index contributed by atoms with van der Waals surface area (Å²) in [6.07, 6.45) is 0.895. The average molecular weight is 494 g/mol. The molecule has 2 N–H and O–H groups in total. The van der Waals surface area contributed by atoms with E-state index in [1.165, 1.54) is 17.7 Å². The minimum atomic E-state index is -3.82. The zero-order valence-corrected chi connectivity index (χ0v) is 20.0. The minimum absolute atomic E-state index is 0.0739. The highest BCUT2D eigenvalue weighted by molar-refractivity contribution is 7.92. The van der Waals surface area contributed by atoms with E-state index in [1.807, 2.05) is 18.2 Å². The van der Waals surface area contributed by atoms with E-state index < -0.39 is 10.0 Å². The van der Waals surface area contributed by atoms with E-state index in [2.05, 4.69) is 27.1 Å². The molecule has 1 fully saturated rings. The van der Waals surface area contributed by atoms with Crippen LogP contribution in [-0.2, 0) is 16.6 Å². The number of hydrogen-bond donors (Lipinski definition) is 2. The van der Waals surface area contributed by atoms with Crippen molar-refractivity contribution in [3.63, 3.8) is 0 Å². The fourth-order valence-electron chi connectivity index (χ4n) is 4.30. The number of amides is 1. The number of nitrogens with one attached hydrogen (secondary N) is 2. The minimum Gasteiger partial charge on any atom is -0.486 e. The van der Waals surface area contributed by atoms with Crippen molar-refractivity contribution >= 4 is 21.6 Å². The van der Waals surface area contributed by atoms with Gasteiger partial charge in [-0.3, -0.25) is 14.4 Å². The van der Waals surface area contributed by atoms with E-state index in [1.54, 1.807) is 30.3 Å². The lowest BCUT2D eigenvalue weighted by molar-refractivity contribution is 0.0937. The summed E-state index contributed by atoms with van der Waals surface area (Å²) in [6, 6.07) is 21.3. The van der Waals surface area contributed by atoms with Crippen molar-refractivity contribution < 1.29 is 22.7 Å². The van der Waals surface area contributed by atoms with E-state index in [0.717, 1.165) is 26.1 Å². The normalized spacial score (nSPS) is 17.7. The summed E-state index contributed by atoms with van der Waals surface area (Å²) in [5, 5.41) is 3.09. The zero-order valence-electron chi connectivity index (χ0n) is 19.1. The van der Waals surface area contributed by atoms with E-state index in [-0.39, 0.29) is 16.8 Å². The number of hydrogen-bond acceptors (Lipinski definition) is 6.